The van der Waals surface area contributed by atoms with Gasteiger partial charge in [-0.05, 0) is 60.6 Å². The lowest BCUT2D eigenvalue weighted by molar-refractivity contribution is -0.155. The number of unbranched alkanes of at least 4 members (excludes halogenated alkanes) is 13. The topological polar surface area (TPSA) is 102 Å². The molecule has 1 fully saturated rings. The van der Waals surface area contributed by atoms with Crippen molar-refractivity contribution in [1.29, 1.82) is 0 Å². The lowest BCUT2D eigenvalue weighted by Gasteiger charge is -2.35. The smallest absolute Gasteiger partial charge is 0.462 e. The summed E-state index contributed by atoms with van der Waals surface area (Å²) in [5, 5.41) is 1.70. The quantitative estimate of drug-likeness (QED) is 0.0688. The van der Waals surface area contributed by atoms with Gasteiger partial charge in [-0.25, -0.2) is 9.59 Å². The van der Waals surface area contributed by atoms with E-state index in [2.05, 4.69) is 34.9 Å². The molecule has 1 unspecified atom stereocenters. The summed E-state index contributed by atoms with van der Waals surface area (Å²) in [7, 11) is 0. The van der Waals surface area contributed by atoms with Gasteiger partial charge in [0.25, 0.3) is 6.23 Å². The fourth-order valence-corrected chi connectivity index (χ4v) is 8.46. The van der Waals surface area contributed by atoms with Crippen LogP contribution in [-0.2, 0) is 36.6 Å². The van der Waals surface area contributed by atoms with Crippen LogP contribution in [0.2, 0.25) is 5.02 Å². The van der Waals surface area contributed by atoms with Crippen LogP contribution in [0.5, 0.6) is 0 Å². The monoisotopic (exact) mass is 782 g/mol. The number of amides is 1. The number of hydrogen-bond acceptors (Lipinski definition) is 10. The van der Waals surface area contributed by atoms with Crippen LogP contribution < -0.4 is 9.80 Å². The Labute approximate surface area is 330 Å². The summed E-state index contributed by atoms with van der Waals surface area (Å²) in [4.78, 5) is 45.1. The van der Waals surface area contributed by atoms with Crippen molar-refractivity contribution in [1.82, 2.24) is 9.27 Å². The Balaban J connectivity index is 1.04. The third-order valence-electron chi connectivity index (χ3n) is 10.5. The minimum absolute atomic E-state index is 0.0626. The third-order valence-corrected chi connectivity index (χ3v) is 11.7. The summed E-state index contributed by atoms with van der Waals surface area (Å²) in [6.07, 6.45) is 15.4. The first-order valence-electron chi connectivity index (χ1n) is 20.3. The Morgan fingerprint density at radius 2 is 1.50 bits per heavy atom. The Hall–Kier alpha value is -3.41. The molecule has 10 nitrogen and oxygen atoms in total. The lowest BCUT2D eigenvalue weighted by atomic mass is 10.0. The van der Waals surface area contributed by atoms with E-state index < -0.39 is 18.4 Å². The molecular formula is C42H59ClN4O6S. The van der Waals surface area contributed by atoms with Gasteiger partial charge in [-0.2, -0.15) is 4.37 Å². The van der Waals surface area contributed by atoms with Crippen LogP contribution in [0.15, 0.2) is 36.4 Å². The zero-order valence-electron chi connectivity index (χ0n) is 32.3. The van der Waals surface area contributed by atoms with Crippen molar-refractivity contribution in [2.75, 3.05) is 55.7 Å². The molecule has 3 aromatic rings. The molecule has 2 aromatic carbocycles. The second kappa shape index (κ2) is 22.2. The van der Waals surface area contributed by atoms with Gasteiger partial charge < -0.3 is 19.1 Å². The molecule has 1 atom stereocenters. The molecule has 12 heteroatoms. The fourth-order valence-electron chi connectivity index (χ4n) is 7.42. The highest BCUT2D eigenvalue weighted by Gasteiger charge is 2.41. The number of nitrogens with zero attached hydrogens (tertiary/aromatic N) is 4. The van der Waals surface area contributed by atoms with E-state index in [1.54, 1.807) is 24.5 Å². The van der Waals surface area contributed by atoms with E-state index in [0.717, 1.165) is 62.5 Å². The summed E-state index contributed by atoms with van der Waals surface area (Å²) in [6, 6.07) is 12.0. The normalized spacial score (nSPS) is 15.1. The summed E-state index contributed by atoms with van der Waals surface area (Å²) < 4.78 is 21.9. The number of aromatic nitrogens is 1. The molecule has 0 radical (unpaired) electrons. The number of carbonyl (C=O) groups is 3. The maximum absolute atomic E-state index is 13.3. The Bertz CT molecular complexity index is 1640. The molecule has 3 heterocycles. The van der Waals surface area contributed by atoms with Crippen molar-refractivity contribution in [3.63, 3.8) is 0 Å². The molecule has 0 bridgehead atoms. The number of anilines is 2. The largest absolute Gasteiger partial charge is 0.510 e. The van der Waals surface area contributed by atoms with Crippen molar-refractivity contribution in [2.24, 2.45) is 0 Å². The van der Waals surface area contributed by atoms with Crippen LogP contribution in [0, 0.1) is 0 Å². The van der Waals surface area contributed by atoms with Crippen LogP contribution in [-0.4, -0.2) is 79.5 Å². The van der Waals surface area contributed by atoms with Crippen molar-refractivity contribution in [3.8, 4) is 0 Å². The second-order valence-electron chi connectivity index (χ2n) is 14.5. The van der Waals surface area contributed by atoms with E-state index in [4.69, 9.17) is 30.2 Å². The van der Waals surface area contributed by atoms with Gasteiger partial charge in [-0.15, -0.1) is 0 Å². The number of piperazine rings is 1. The number of hydrogen-bond donors (Lipinski definition) is 0. The van der Waals surface area contributed by atoms with Crippen molar-refractivity contribution < 1.29 is 28.6 Å². The van der Waals surface area contributed by atoms with Gasteiger partial charge in [0.1, 0.15) is 5.82 Å². The first-order valence-corrected chi connectivity index (χ1v) is 21.5. The maximum atomic E-state index is 13.3. The zero-order valence-corrected chi connectivity index (χ0v) is 33.9. The average molecular weight is 783 g/mol. The zero-order chi connectivity index (χ0) is 38.1. The molecule has 54 heavy (non-hydrogen) atoms. The second-order valence-corrected chi connectivity index (χ2v) is 15.7. The molecule has 0 saturated carbocycles. The van der Waals surface area contributed by atoms with E-state index in [-0.39, 0.29) is 25.5 Å². The molecule has 5 rings (SSSR count). The predicted octanol–water partition coefficient (Wildman–Crippen LogP) is 9.73. The molecule has 0 N–H and O–H groups in total. The van der Waals surface area contributed by atoms with Gasteiger partial charge in [-0.3, -0.25) is 14.6 Å². The van der Waals surface area contributed by atoms with Crippen LogP contribution >= 0.6 is 23.1 Å². The van der Waals surface area contributed by atoms with Gasteiger partial charge in [-0.1, -0.05) is 120 Å². The van der Waals surface area contributed by atoms with Gasteiger partial charge >= 0.3 is 12.1 Å². The Morgan fingerprint density at radius 3 is 2.17 bits per heavy atom. The summed E-state index contributed by atoms with van der Waals surface area (Å²) in [5.41, 5.74) is 2.10. The average Bonchev–Trinajstić information content (AvgIpc) is 3.74. The van der Waals surface area contributed by atoms with Gasteiger partial charge in [0.2, 0.25) is 5.91 Å². The van der Waals surface area contributed by atoms with Crippen LogP contribution in [0.3, 0.4) is 0 Å². The number of rotatable bonds is 23. The van der Waals surface area contributed by atoms with Gasteiger partial charge in [0.05, 0.1) is 30.0 Å². The fraction of sp³-hybridized carbons (Fsp3) is 0.619. The summed E-state index contributed by atoms with van der Waals surface area (Å²) in [5.74, 6) is -0.145. The Kier molecular flexibility index (Phi) is 17.2. The number of benzene rings is 2. The molecule has 1 amide bonds. The minimum Gasteiger partial charge on any atom is -0.462 e. The maximum Gasteiger partial charge on any atom is 0.510 e. The van der Waals surface area contributed by atoms with E-state index in [1.165, 1.54) is 85.6 Å². The number of fused-ring (bicyclic) bond motifs is 2. The molecule has 296 valence electrons. The number of esters is 1. The molecule has 1 saturated heterocycles. The highest BCUT2D eigenvalue weighted by molar-refractivity contribution is 7.13. The highest BCUT2D eigenvalue weighted by Crippen LogP contribution is 2.36. The summed E-state index contributed by atoms with van der Waals surface area (Å²) >= 11 is 8.33. The molecular weight excluding hydrogens is 724 g/mol. The van der Waals surface area contributed by atoms with Crippen molar-refractivity contribution >= 4 is 62.8 Å². The molecule has 2 aliphatic heterocycles. The van der Waals surface area contributed by atoms with E-state index in [9.17, 15) is 14.4 Å². The summed E-state index contributed by atoms with van der Waals surface area (Å²) in [6.45, 7) is 8.60. The molecule has 0 spiro atoms. The Morgan fingerprint density at radius 1 is 0.852 bits per heavy atom. The lowest BCUT2D eigenvalue weighted by Crippen LogP contribution is -2.47. The van der Waals surface area contributed by atoms with Crippen molar-refractivity contribution in [2.45, 2.75) is 123 Å². The van der Waals surface area contributed by atoms with Crippen LogP contribution in [0.4, 0.5) is 16.3 Å². The molecule has 1 aromatic heterocycles. The molecule has 2 aliphatic rings. The first kappa shape index (κ1) is 41.7. The SMILES string of the molecule is CCCCCCCCCCCCCCCCOC(=O)OC(C(=O)OCC)N1C(=O)Cc2cc(CCN3CCN(c4nsc5ccccc45)CC3)c(Cl)cc21. The first-order chi connectivity index (χ1) is 26.4. The number of halogens is 1. The van der Waals surface area contributed by atoms with Gasteiger partial charge in [0.15, 0.2) is 0 Å². The molecule has 0 aliphatic carbocycles. The number of ether oxygens (including phenoxy) is 3. The minimum atomic E-state index is -1.60. The highest BCUT2D eigenvalue weighted by atomic mass is 35.5. The van der Waals surface area contributed by atoms with Crippen LogP contribution in [0.1, 0.15) is 115 Å². The van der Waals surface area contributed by atoms with E-state index in [0.29, 0.717) is 23.6 Å². The van der Waals surface area contributed by atoms with Gasteiger partial charge in [0, 0.05) is 43.1 Å². The van der Waals surface area contributed by atoms with Crippen LogP contribution in [0.25, 0.3) is 10.1 Å². The van der Waals surface area contributed by atoms with Crippen molar-refractivity contribution in [3.05, 3.63) is 52.5 Å². The van der Waals surface area contributed by atoms with E-state index in [1.807, 2.05) is 12.1 Å². The number of carbonyl (C=O) groups excluding carboxylic acids is 3. The standard InChI is InChI=1S/C42H59ClN4O6S/c1-3-5-6-7-8-9-10-11-12-13-14-15-16-19-28-52-42(50)53-40(41(49)51-4-2)47-36-31-35(43)32(29-33(36)30-38(47)48)22-23-45-24-26-46(27-25-45)39-34-20-17-18-21-37(34)54-44-39/h17-18,20-21,29,31,40H,3-16,19,22-28,30H2,1-2H3. The third kappa shape index (κ3) is 12.0. The predicted molar refractivity (Wildman–Crippen MR) is 218 cm³/mol. The van der Waals surface area contributed by atoms with E-state index >= 15 is 0 Å².